The van der Waals surface area contributed by atoms with Crippen LogP contribution >= 0.6 is 0 Å². The summed E-state index contributed by atoms with van der Waals surface area (Å²) in [6.45, 7) is 4.16. The molecule has 0 aromatic heterocycles. The maximum Gasteiger partial charge on any atom is 0.249 e. The quantitative estimate of drug-likeness (QED) is 0.0363. The first-order chi connectivity index (χ1) is 29.1. The van der Waals surface area contributed by atoms with Crippen molar-refractivity contribution >= 4 is 5.91 Å². The number of aliphatic hydroxyl groups excluding tert-OH is 3. The minimum absolute atomic E-state index is 0.311. The number of hydrogen-bond acceptors (Lipinski definition) is 4. The molecule has 0 spiro atoms. The smallest absolute Gasteiger partial charge is 0.249 e. The first kappa shape index (κ1) is 57.8. The van der Waals surface area contributed by atoms with Crippen LogP contribution in [0.4, 0.5) is 0 Å². The molecular formula is C54H105NO4. The summed E-state index contributed by atoms with van der Waals surface area (Å²) in [6.07, 6.45) is 62.1. The van der Waals surface area contributed by atoms with E-state index in [0.29, 0.717) is 12.8 Å². The lowest BCUT2D eigenvalue weighted by molar-refractivity contribution is -0.131. The van der Waals surface area contributed by atoms with Gasteiger partial charge in [0.25, 0.3) is 0 Å². The molecule has 59 heavy (non-hydrogen) atoms. The molecule has 3 atom stereocenters. The molecule has 0 rings (SSSR count). The van der Waals surface area contributed by atoms with E-state index in [1.54, 1.807) is 0 Å². The predicted octanol–water partition coefficient (Wildman–Crippen LogP) is 16.1. The van der Waals surface area contributed by atoms with Gasteiger partial charge in [0.1, 0.15) is 6.10 Å². The molecule has 4 N–H and O–H groups in total. The van der Waals surface area contributed by atoms with Crippen LogP contribution in [0.2, 0.25) is 0 Å². The summed E-state index contributed by atoms with van der Waals surface area (Å²) >= 11 is 0. The van der Waals surface area contributed by atoms with Gasteiger partial charge < -0.3 is 20.6 Å². The minimum Gasteiger partial charge on any atom is -0.394 e. The van der Waals surface area contributed by atoms with Crippen molar-refractivity contribution in [3.8, 4) is 0 Å². The highest BCUT2D eigenvalue weighted by Gasteiger charge is 2.23. The largest absolute Gasteiger partial charge is 0.394 e. The lowest BCUT2D eigenvalue weighted by Gasteiger charge is -2.23. The fourth-order valence-corrected chi connectivity index (χ4v) is 8.47. The molecular weight excluding hydrogens is 727 g/mol. The van der Waals surface area contributed by atoms with Gasteiger partial charge in [-0.05, 0) is 38.5 Å². The summed E-state index contributed by atoms with van der Waals surface area (Å²) in [5.41, 5.74) is 0. The van der Waals surface area contributed by atoms with Crippen molar-refractivity contribution in [1.82, 2.24) is 5.32 Å². The zero-order chi connectivity index (χ0) is 43.0. The maximum atomic E-state index is 12.5. The molecule has 0 aliphatic carbocycles. The number of allylic oxidation sites excluding steroid dienone is 4. The zero-order valence-corrected chi connectivity index (χ0v) is 39.9. The van der Waals surface area contributed by atoms with E-state index in [2.05, 4.69) is 43.5 Å². The number of unbranched alkanes of at least 4 members (excludes halogenated alkanes) is 37. The average molecular weight is 832 g/mol. The van der Waals surface area contributed by atoms with Crippen LogP contribution in [0.15, 0.2) is 24.3 Å². The number of carbonyl (C=O) groups is 1. The second-order valence-corrected chi connectivity index (χ2v) is 18.4. The third-order valence-corrected chi connectivity index (χ3v) is 12.6. The number of rotatable bonds is 49. The molecule has 3 unspecified atom stereocenters. The Kier molecular flexibility index (Phi) is 48.5. The molecule has 0 aliphatic rings. The number of nitrogens with one attached hydrogen (secondary N) is 1. The fraction of sp³-hybridized carbons (Fsp3) is 0.907. The standard InChI is InChI=1S/C54H105NO4/c1-3-5-7-9-11-13-15-17-19-21-23-25-26-27-28-29-31-32-34-36-38-40-42-44-46-48-52(57)51(50-56)55-54(59)53(58)49-47-45-43-41-39-37-35-33-30-24-22-20-18-16-14-12-10-8-6-4-2/h6,8,12,14,51-53,56-58H,3-5,7,9-11,13,15-50H2,1-2H3,(H,55,59)/b8-6-,14-12-. The van der Waals surface area contributed by atoms with Gasteiger partial charge in [0.2, 0.25) is 5.91 Å². The SMILES string of the molecule is CC/C=C\C/C=C\CCCCCCCCCCCCCCCC(O)C(=O)NC(CO)C(O)CCCCCCCCCCCCCCCCCCCCCCCCCCC. The lowest BCUT2D eigenvalue weighted by Crippen LogP contribution is -2.49. The Morgan fingerprint density at radius 2 is 0.746 bits per heavy atom. The number of amides is 1. The van der Waals surface area contributed by atoms with Crippen LogP contribution in [-0.4, -0.2) is 46.1 Å². The van der Waals surface area contributed by atoms with Crippen molar-refractivity contribution in [1.29, 1.82) is 0 Å². The minimum atomic E-state index is -1.07. The highest BCUT2D eigenvalue weighted by atomic mass is 16.3. The Balaban J connectivity index is 3.52. The molecule has 350 valence electrons. The third-order valence-electron chi connectivity index (χ3n) is 12.6. The Bertz CT molecular complexity index is 874. The van der Waals surface area contributed by atoms with Crippen molar-refractivity contribution in [2.75, 3.05) is 6.61 Å². The molecule has 0 aliphatic heterocycles. The summed E-state index contributed by atoms with van der Waals surface area (Å²) in [5, 5.41) is 33.5. The Labute approximate surface area is 369 Å². The number of carbonyl (C=O) groups excluding carboxylic acids is 1. The number of hydrogen-bond donors (Lipinski definition) is 4. The third kappa shape index (κ3) is 44.7. The van der Waals surface area contributed by atoms with E-state index in [1.165, 1.54) is 218 Å². The van der Waals surface area contributed by atoms with Crippen LogP contribution in [0.1, 0.15) is 290 Å². The maximum absolute atomic E-state index is 12.5. The van der Waals surface area contributed by atoms with Gasteiger partial charge >= 0.3 is 0 Å². The monoisotopic (exact) mass is 832 g/mol. The molecule has 0 saturated heterocycles. The van der Waals surface area contributed by atoms with Gasteiger partial charge in [0, 0.05) is 0 Å². The van der Waals surface area contributed by atoms with Gasteiger partial charge in [-0.3, -0.25) is 4.79 Å². The van der Waals surface area contributed by atoms with Crippen LogP contribution in [0.3, 0.4) is 0 Å². The van der Waals surface area contributed by atoms with Crippen molar-refractivity contribution in [3.05, 3.63) is 24.3 Å². The second-order valence-electron chi connectivity index (χ2n) is 18.4. The van der Waals surface area contributed by atoms with Crippen molar-refractivity contribution < 1.29 is 20.1 Å². The molecule has 0 radical (unpaired) electrons. The van der Waals surface area contributed by atoms with E-state index in [0.717, 1.165) is 44.9 Å². The molecule has 0 fully saturated rings. The summed E-state index contributed by atoms with van der Waals surface area (Å²) in [4.78, 5) is 12.5. The van der Waals surface area contributed by atoms with Gasteiger partial charge in [-0.2, -0.15) is 0 Å². The van der Waals surface area contributed by atoms with Crippen LogP contribution in [0.25, 0.3) is 0 Å². The van der Waals surface area contributed by atoms with Crippen molar-refractivity contribution in [3.63, 3.8) is 0 Å². The van der Waals surface area contributed by atoms with Crippen LogP contribution in [0, 0.1) is 0 Å². The van der Waals surface area contributed by atoms with E-state index >= 15 is 0 Å². The molecule has 0 saturated carbocycles. The second kappa shape index (κ2) is 49.5. The fourth-order valence-electron chi connectivity index (χ4n) is 8.47. The lowest BCUT2D eigenvalue weighted by atomic mass is 10.0. The predicted molar refractivity (Wildman–Crippen MR) is 259 cm³/mol. The van der Waals surface area contributed by atoms with Gasteiger partial charge in [-0.25, -0.2) is 0 Å². The van der Waals surface area contributed by atoms with E-state index < -0.39 is 24.2 Å². The van der Waals surface area contributed by atoms with Gasteiger partial charge in [-0.15, -0.1) is 0 Å². The first-order valence-corrected chi connectivity index (χ1v) is 26.6. The van der Waals surface area contributed by atoms with E-state index in [-0.39, 0.29) is 6.61 Å². The van der Waals surface area contributed by atoms with Crippen LogP contribution in [-0.2, 0) is 4.79 Å². The van der Waals surface area contributed by atoms with Crippen molar-refractivity contribution in [2.24, 2.45) is 0 Å². The Morgan fingerprint density at radius 3 is 1.10 bits per heavy atom. The molecule has 0 aromatic carbocycles. The molecule has 1 amide bonds. The van der Waals surface area contributed by atoms with Gasteiger partial charge in [0.15, 0.2) is 0 Å². The van der Waals surface area contributed by atoms with E-state index in [1.807, 2.05) is 0 Å². The normalized spacial score (nSPS) is 13.5. The molecule has 0 heterocycles. The van der Waals surface area contributed by atoms with Gasteiger partial charge in [0.05, 0.1) is 18.8 Å². The summed E-state index contributed by atoms with van der Waals surface area (Å²) in [6, 6.07) is -0.711. The van der Waals surface area contributed by atoms with Crippen molar-refractivity contribution in [2.45, 2.75) is 308 Å². The van der Waals surface area contributed by atoms with E-state index in [9.17, 15) is 20.1 Å². The first-order valence-electron chi connectivity index (χ1n) is 26.6. The highest BCUT2D eigenvalue weighted by Crippen LogP contribution is 2.18. The topological polar surface area (TPSA) is 89.8 Å². The molecule has 5 heteroatoms. The average Bonchev–Trinajstić information content (AvgIpc) is 3.24. The molecule has 0 aromatic rings. The Hall–Kier alpha value is -1.17. The number of aliphatic hydroxyl groups is 3. The van der Waals surface area contributed by atoms with Gasteiger partial charge in [-0.1, -0.05) is 276 Å². The molecule has 0 bridgehead atoms. The van der Waals surface area contributed by atoms with Crippen LogP contribution in [0.5, 0.6) is 0 Å². The zero-order valence-electron chi connectivity index (χ0n) is 39.9. The van der Waals surface area contributed by atoms with E-state index in [4.69, 9.17) is 0 Å². The van der Waals surface area contributed by atoms with Crippen LogP contribution < -0.4 is 5.32 Å². The Morgan fingerprint density at radius 1 is 0.424 bits per heavy atom. The molecule has 5 nitrogen and oxygen atoms in total. The summed E-state index contributed by atoms with van der Waals surface area (Å²) < 4.78 is 0. The summed E-state index contributed by atoms with van der Waals surface area (Å²) in [5.74, 6) is -0.467. The summed E-state index contributed by atoms with van der Waals surface area (Å²) in [7, 11) is 0. The highest BCUT2D eigenvalue weighted by molar-refractivity contribution is 5.80.